The lowest BCUT2D eigenvalue weighted by atomic mass is 10.1. The van der Waals surface area contributed by atoms with Crippen LogP contribution in [0.4, 0.5) is 11.4 Å². The van der Waals surface area contributed by atoms with Gasteiger partial charge >= 0.3 is 0 Å². The fourth-order valence-electron chi connectivity index (χ4n) is 2.23. The lowest BCUT2D eigenvalue weighted by Crippen LogP contribution is -2.21. The van der Waals surface area contributed by atoms with E-state index in [2.05, 4.69) is 5.32 Å². The molecule has 1 aromatic rings. The minimum absolute atomic E-state index is 0.0692. The summed E-state index contributed by atoms with van der Waals surface area (Å²) in [5, 5.41) is 22.9. The number of benzene rings is 1. The molecule has 0 aliphatic heterocycles. The number of anilines is 1. The van der Waals surface area contributed by atoms with Crippen LogP contribution in [0.3, 0.4) is 0 Å². The first-order valence-corrected chi connectivity index (χ1v) is 5.81. The number of hydrogen-bond acceptors (Lipinski definition) is 5. The molecule has 1 aromatic carbocycles. The van der Waals surface area contributed by atoms with Crippen molar-refractivity contribution in [1.82, 2.24) is 0 Å². The van der Waals surface area contributed by atoms with Gasteiger partial charge in [-0.3, -0.25) is 10.1 Å². The maximum absolute atomic E-state index is 10.6. The number of nitrogens with two attached hydrogens (primary N) is 1. The number of rotatable bonds is 3. The van der Waals surface area contributed by atoms with E-state index in [1.807, 2.05) is 6.07 Å². The van der Waals surface area contributed by atoms with Crippen LogP contribution in [0.15, 0.2) is 18.2 Å². The maximum Gasteiger partial charge on any atom is 0.270 e. The van der Waals surface area contributed by atoms with Crippen LogP contribution < -0.4 is 11.1 Å². The van der Waals surface area contributed by atoms with Gasteiger partial charge in [-0.2, -0.15) is 5.26 Å². The highest BCUT2D eigenvalue weighted by atomic mass is 16.6. The molecule has 94 valence electrons. The summed E-state index contributed by atoms with van der Waals surface area (Å²) in [6.45, 7) is 0. The van der Waals surface area contributed by atoms with Gasteiger partial charge in [-0.1, -0.05) is 0 Å². The molecule has 0 amide bonds. The SMILES string of the molecule is N#Cc1cc([N+](=O)[O-])ccc1NC1CCC(N)C1. The number of nitro benzene ring substituents is 1. The van der Waals surface area contributed by atoms with Crippen molar-refractivity contribution >= 4 is 11.4 Å². The van der Waals surface area contributed by atoms with E-state index in [1.54, 1.807) is 6.07 Å². The summed E-state index contributed by atoms with van der Waals surface area (Å²) in [7, 11) is 0. The number of nitro groups is 1. The molecule has 1 aliphatic carbocycles. The van der Waals surface area contributed by atoms with Gasteiger partial charge in [-0.25, -0.2) is 0 Å². The number of nitriles is 1. The van der Waals surface area contributed by atoms with Crippen LogP contribution in [0, 0.1) is 21.4 Å². The summed E-state index contributed by atoms with van der Waals surface area (Å²) >= 11 is 0. The third kappa shape index (κ3) is 2.57. The van der Waals surface area contributed by atoms with Gasteiger partial charge in [-0.15, -0.1) is 0 Å². The van der Waals surface area contributed by atoms with E-state index in [0.717, 1.165) is 19.3 Å². The predicted molar refractivity (Wildman–Crippen MR) is 67.0 cm³/mol. The second kappa shape index (κ2) is 5.02. The lowest BCUT2D eigenvalue weighted by Gasteiger charge is -2.14. The molecule has 0 aromatic heterocycles. The molecule has 0 heterocycles. The van der Waals surface area contributed by atoms with Crippen LogP contribution >= 0.6 is 0 Å². The van der Waals surface area contributed by atoms with E-state index in [0.29, 0.717) is 11.3 Å². The van der Waals surface area contributed by atoms with Crippen molar-refractivity contribution in [2.24, 2.45) is 5.73 Å². The van der Waals surface area contributed by atoms with Gasteiger partial charge in [0.1, 0.15) is 6.07 Å². The number of non-ortho nitro benzene ring substituents is 1. The van der Waals surface area contributed by atoms with E-state index >= 15 is 0 Å². The molecule has 0 spiro atoms. The highest BCUT2D eigenvalue weighted by Gasteiger charge is 2.22. The molecule has 18 heavy (non-hydrogen) atoms. The first-order chi connectivity index (χ1) is 8.60. The van der Waals surface area contributed by atoms with Crippen LogP contribution in [0.2, 0.25) is 0 Å². The molecule has 3 N–H and O–H groups in total. The van der Waals surface area contributed by atoms with Crippen molar-refractivity contribution in [2.45, 2.75) is 31.3 Å². The Bertz CT molecular complexity index is 509. The summed E-state index contributed by atoms with van der Waals surface area (Å²) in [4.78, 5) is 10.1. The van der Waals surface area contributed by atoms with E-state index in [-0.39, 0.29) is 17.8 Å². The topological polar surface area (TPSA) is 105 Å². The summed E-state index contributed by atoms with van der Waals surface area (Å²) in [5.74, 6) is 0. The Labute approximate surface area is 105 Å². The molecule has 6 nitrogen and oxygen atoms in total. The van der Waals surface area contributed by atoms with Crippen LogP contribution in [0.1, 0.15) is 24.8 Å². The number of nitrogens with one attached hydrogen (secondary N) is 1. The summed E-state index contributed by atoms with van der Waals surface area (Å²) in [6.07, 6.45) is 2.79. The molecule has 2 atom stereocenters. The highest BCUT2D eigenvalue weighted by molar-refractivity contribution is 5.61. The first-order valence-electron chi connectivity index (χ1n) is 5.81. The molecule has 0 radical (unpaired) electrons. The number of hydrogen-bond donors (Lipinski definition) is 2. The average Bonchev–Trinajstić information content (AvgIpc) is 2.75. The van der Waals surface area contributed by atoms with Gasteiger partial charge in [0.05, 0.1) is 16.2 Å². The third-order valence-corrected chi connectivity index (χ3v) is 3.17. The number of nitrogens with zero attached hydrogens (tertiary/aromatic N) is 2. The molecule has 1 aliphatic rings. The Balaban J connectivity index is 2.18. The summed E-state index contributed by atoms with van der Waals surface area (Å²) < 4.78 is 0. The Morgan fingerprint density at radius 1 is 1.50 bits per heavy atom. The van der Waals surface area contributed by atoms with Crippen LogP contribution in [0.25, 0.3) is 0 Å². The Morgan fingerprint density at radius 2 is 2.28 bits per heavy atom. The fraction of sp³-hybridized carbons (Fsp3) is 0.417. The zero-order chi connectivity index (χ0) is 13.1. The van der Waals surface area contributed by atoms with E-state index in [4.69, 9.17) is 11.0 Å². The van der Waals surface area contributed by atoms with Gasteiger partial charge in [0.25, 0.3) is 5.69 Å². The normalized spacial score (nSPS) is 22.4. The standard InChI is InChI=1S/C12H14N4O2/c13-7-8-5-11(16(17)18)3-4-12(8)15-10-2-1-9(14)6-10/h3-5,9-10,15H,1-2,6,14H2. The molecular weight excluding hydrogens is 232 g/mol. The Morgan fingerprint density at radius 3 is 2.83 bits per heavy atom. The minimum Gasteiger partial charge on any atom is -0.381 e. The smallest absolute Gasteiger partial charge is 0.270 e. The third-order valence-electron chi connectivity index (χ3n) is 3.17. The van der Waals surface area contributed by atoms with Crippen LogP contribution in [-0.4, -0.2) is 17.0 Å². The van der Waals surface area contributed by atoms with Gasteiger partial charge < -0.3 is 11.1 Å². The minimum atomic E-state index is -0.504. The average molecular weight is 246 g/mol. The zero-order valence-electron chi connectivity index (χ0n) is 9.80. The predicted octanol–water partition coefficient (Wildman–Crippen LogP) is 1.76. The molecule has 1 saturated carbocycles. The molecule has 0 bridgehead atoms. The molecule has 2 unspecified atom stereocenters. The first kappa shape index (κ1) is 12.3. The van der Waals surface area contributed by atoms with Crippen molar-refractivity contribution < 1.29 is 4.92 Å². The molecule has 0 saturated heterocycles. The molecule has 2 rings (SSSR count). The van der Waals surface area contributed by atoms with Crippen molar-refractivity contribution in [3.63, 3.8) is 0 Å². The van der Waals surface area contributed by atoms with Crippen molar-refractivity contribution in [3.8, 4) is 6.07 Å². The lowest BCUT2D eigenvalue weighted by molar-refractivity contribution is -0.384. The molecular formula is C12H14N4O2. The summed E-state index contributed by atoms with van der Waals surface area (Å²) in [5.41, 5.74) is 6.69. The second-order valence-corrected chi connectivity index (χ2v) is 4.51. The fourth-order valence-corrected chi connectivity index (χ4v) is 2.23. The largest absolute Gasteiger partial charge is 0.381 e. The van der Waals surface area contributed by atoms with Crippen LogP contribution in [0.5, 0.6) is 0 Å². The van der Waals surface area contributed by atoms with Gasteiger partial charge in [0, 0.05) is 24.2 Å². The summed E-state index contributed by atoms with van der Waals surface area (Å²) in [6, 6.07) is 6.70. The van der Waals surface area contributed by atoms with Crippen molar-refractivity contribution in [3.05, 3.63) is 33.9 Å². The molecule has 6 heteroatoms. The van der Waals surface area contributed by atoms with Gasteiger partial charge in [-0.05, 0) is 25.3 Å². The Hall–Kier alpha value is -2.13. The van der Waals surface area contributed by atoms with Crippen molar-refractivity contribution in [1.29, 1.82) is 5.26 Å². The van der Waals surface area contributed by atoms with E-state index in [9.17, 15) is 10.1 Å². The van der Waals surface area contributed by atoms with Gasteiger partial charge in [0.15, 0.2) is 0 Å². The monoisotopic (exact) mass is 246 g/mol. The van der Waals surface area contributed by atoms with Gasteiger partial charge in [0.2, 0.25) is 0 Å². The van der Waals surface area contributed by atoms with Crippen molar-refractivity contribution in [2.75, 3.05) is 5.32 Å². The van der Waals surface area contributed by atoms with E-state index in [1.165, 1.54) is 12.1 Å². The zero-order valence-corrected chi connectivity index (χ0v) is 9.80. The second-order valence-electron chi connectivity index (χ2n) is 4.51. The highest BCUT2D eigenvalue weighted by Crippen LogP contribution is 2.26. The molecule has 1 fully saturated rings. The maximum atomic E-state index is 10.6. The van der Waals surface area contributed by atoms with Crippen LogP contribution in [-0.2, 0) is 0 Å². The quantitative estimate of drug-likeness (QED) is 0.624. The van der Waals surface area contributed by atoms with E-state index < -0.39 is 4.92 Å². The Kier molecular flexibility index (Phi) is 3.44.